The first-order valence-corrected chi connectivity index (χ1v) is 11.2. The summed E-state index contributed by atoms with van der Waals surface area (Å²) in [6.45, 7) is 5.61. The van der Waals surface area contributed by atoms with Crippen LogP contribution in [0.2, 0.25) is 0 Å². The van der Waals surface area contributed by atoms with Crippen LogP contribution in [0.1, 0.15) is 124 Å². The maximum Gasteiger partial charge on any atom is 0.303 e. The van der Waals surface area contributed by atoms with Crippen LogP contribution in [-0.4, -0.2) is 34.2 Å². The van der Waals surface area contributed by atoms with Crippen molar-refractivity contribution in [3.8, 4) is 0 Å². The minimum Gasteiger partial charge on any atom is -0.481 e. The van der Waals surface area contributed by atoms with Gasteiger partial charge in [0.25, 0.3) is 0 Å². The van der Waals surface area contributed by atoms with Gasteiger partial charge in [0.2, 0.25) is 0 Å². The number of carboxylic acid groups (broad SMARTS) is 2. The second kappa shape index (κ2) is 28.5. The van der Waals surface area contributed by atoms with E-state index in [0.717, 1.165) is 25.7 Å². The number of aldehydes is 1. The van der Waals surface area contributed by atoms with Crippen LogP contribution < -0.4 is 0 Å². The number of unbranched alkanes of at least 4 members (excludes halogenated alkanes) is 12. The fourth-order valence-electron chi connectivity index (χ4n) is 2.47. The molecule has 0 aromatic heterocycles. The first-order valence-electron chi connectivity index (χ1n) is 11.2. The van der Waals surface area contributed by atoms with Gasteiger partial charge in [0.05, 0.1) is 0 Å². The molecule has 0 aliphatic rings. The van der Waals surface area contributed by atoms with Crippen LogP contribution in [0.5, 0.6) is 0 Å². The lowest BCUT2D eigenvalue weighted by atomic mass is 10.1. The molecule has 0 radical (unpaired) electrons. The zero-order chi connectivity index (χ0) is 22.8. The molecule has 2 N–H and O–H groups in total. The van der Waals surface area contributed by atoms with Crippen molar-refractivity contribution in [2.75, 3.05) is 0 Å². The Balaban J connectivity index is -0.000000380. The number of carbonyl (C=O) groups is 4. The largest absolute Gasteiger partial charge is 0.481 e. The Morgan fingerprint density at radius 2 is 0.828 bits per heavy atom. The summed E-state index contributed by atoms with van der Waals surface area (Å²) in [5.41, 5.74) is 0. The Morgan fingerprint density at radius 1 is 0.586 bits per heavy atom. The van der Waals surface area contributed by atoms with E-state index in [9.17, 15) is 14.4 Å². The molecule has 0 unspecified atom stereocenters. The van der Waals surface area contributed by atoms with Gasteiger partial charge in [-0.15, -0.1) is 0 Å². The molecule has 0 aliphatic heterocycles. The fraction of sp³-hybridized carbons (Fsp3) is 0.826. The number of aliphatic carboxylic acids is 2. The van der Waals surface area contributed by atoms with Crippen molar-refractivity contribution < 1.29 is 29.4 Å². The highest BCUT2D eigenvalue weighted by molar-refractivity contribution is 6.23. The first kappa shape index (κ1) is 32.0. The Kier molecular flexibility index (Phi) is 31.4. The highest BCUT2D eigenvalue weighted by Crippen LogP contribution is 2.08. The predicted molar refractivity (Wildman–Crippen MR) is 117 cm³/mol. The average molecular weight is 417 g/mol. The lowest BCUT2D eigenvalue weighted by Crippen LogP contribution is -1.93. The van der Waals surface area contributed by atoms with Crippen molar-refractivity contribution in [2.24, 2.45) is 0 Å². The van der Waals surface area contributed by atoms with E-state index >= 15 is 0 Å². The second-order valence-corrected chi connectivity index (χ2v) is 7.26. The first-order chi connectivity index (χ1) is 13.8. The summed E-state index contributed by atoms with van der Waals surface area (Å²) in [4.78, 5) is 38.9. The van der Waals surface area contributed by atoms with Crippen LogP contribution in [0.3, 0.4) is 0 Å². The molecule has 0 spiro atoms. The molecule has 6 nitrogen and oxygen atoms in total. The Bertz CT molecular complexity index is 365. The van der Waals surface area contributed by atoms with Gasteiger partial charge in [0.15, 0.2) is 12.1 Å². The van der Waals surface area contributed by atoms with Gasteiger partial charge in [-0.3, -0.25) is 19.2 Å². The van der Waals surface area contributed by atoms with Crippen molar-refractivity contribution in [1.29, 1.82) is 0 Å². The second-order valence-electron chi connectivity index (χ2n) is 7.26. The van der Waals surface area contributed by atoms with E-state index in [4.69, 9.17) is 15.0 Å². The topological polar surface area (TPSA) is 109 Å². The van der Waals surface area contributed by atoms with E-state index in [2.05, 4.69) is 13.8 Å². The summed E-state index contributed by atoms with van der Waals surface area (Å²) in [6.07, 6.45) is 17.6. The van der Waals surface area contributed by atoms with E-state index in [1.807, 2.05) is 0 Å². The maximum absolute atomic E-state index is 10.1. The monoisotopic (exact) mass is 416 g/mol. The molecule has 0 aromatic carbocycles. The van der Waals surface area contributed by atoms with Crippen LogP contribution in [0.25, 0.3) is 0 Å². The van der Waals surface area contributed by atoms with Crippen LogP contribution in [-0.2, 0) is 19.2 Å². The predicted octanol–water partition coefficient (Wildman–Crippen LogP) is 6.20. The standard InChI is InChI=1S/2C10H20O2.C3H4O2/c2*1-2-3-4-5-6-7-8-9-10(11)12;1-3(5)2-4/h2*2-9H2,1H3,(H,11,12);2H,1H3. The number of hydrogen-bond donors (Lipinski definition) is 2. The minimum absolute atomic E-state index is 0.278. The van der Waals surface area contributed by atoms with E-state index in [1.165, 1.54) is 71.1 Å². The number of Topliss-reactive ketones (excluding diaryl/α,β-unsaturated/α-hetero) is 1. The van der Waals surface area contributed by atoms with E-state index in [-0.39, 0.29) is 6.29 Å². The lowest BCUT2D eigenvalue weighted by Gasteiger charge is -1.98. The molecular formula is C23H44O6. The summed E-state index contributed by atoms with van der Waals surface area (Å²) in [6, 6.07) is 0. The van der Waals surface area contributed by atoms with E-state index < -0.39 is 17.7 Å². The van der Waals surface area contributed by atoms with Gasteiger partial charge in [-0.25, -0.2) is 0 Å². The third-order valence-electron chi connectivity index (χ3n) is 4.15. The van der Waals surface area contributed by atoms with Crippen LogP contribution in [0.4, 0.5) is 0 Å². The van der Waals surface area contributed by atoms with Gasteiger partial charge in [0.1, 0.15) is 0 Å². The summed E-state index contributed by atoms with van der Waals surface area (Å²) >= 11 is 0. The van der Waals surface area contributed by atoms with Crippen molar-refractivity contribution in [3.63, 3.8) is 0 Å². The molecule has 0 aromatic rings. The summed E-state index contributed by atoms with van der Waals surface area (Å²) in [5.74, 6) is -1.75. The normalized spacial score (nSPS) is 9.48. The Morgan fingerprint density at radius 3 is 1.03 bits per heavy atom. The molecule has 0 atom stereocenters. The molecule has 172 valence electrons. The number of hydrogen-bond acceptors (Lipinski definition) is 4. The molecule has 0 saturated carbocycles. The third kappa shape index (κ3) is 46.4. The fourth-order valence-corrected chi connectivity index (χ4v) is 2.47. The Hall–Kier alpha value is -1.72. The SMILES string of the molecule is CC(=O)C=O.CCCCCCCCCC(=O)O.CCCCCCCCCC(=O)O. The zero-order valence-electron chi connectivity index (χ0n) is 18.9. The lowest BCUT2D eigenvalue weighted by molar-refractivity contribution is -0.138. The van der Waals surface area contributed by atoms with Gasteiger partial charge in [-0.2, -0.15) is 0 Å². The summed E-state index contributed by atoms with van der Waals surface area (Å²) in [7, 11) is 0. The Labute approximate surface area is 177 Å². The van der Waals surface area contributed by atoms with Gasteiger partial charge in [-0.1, -0.05) is 90.9 Å². The average Bonchev–Trinajstić information content (AvgIpc) is 2.67. The quantitative estimate of drug-likeness (QED) is 0.166. The molecule has 0 rings (SSSR count). The van der Waals surface area contributed by atoms with E-state index in [0.29, 0.717) is 12.8 Å². The number of ketones is 1. The molecule has 0 bridgehead atoms. The van der Waals surface area contributed by atoms with Gasteiger partial charge in [0, 0.05) is 19.8 Å². The van der Waals surface area contributed by atoms with Crippen LogP contribution in [0.15, 0.2) is 0 Å². The molecule has 0 heterocycles. The van der Waals surface area contributed by atoms with Gasteiger partial charge < -0.3 is 10.2 Å². The van der Waals surface area contributed by atoms with Gasteiger partial charge >= 0.3 is 11.9 Å². The third-order valence-corrected chi connectivity index (χ3v) is 4.15. The number of rotatable bonds is 17. The summed E-state index contributed by atoms with van der Waals surface area (Å²) in [5, 5.41) is 16.7. The molecule has 0 fully saturated rings. The van der Waals surface area contributed by atoms with Crippen molar-refractivity contribution in [2.45, 2.75) is 124 Å². The smallest absolute Gasteiger partial charge is 0.303 e. The molecule has 6 heteroatoms. The number of carboxylic acids is 2. The molecule has 0 saturated heterocycles. The highest BCUT2D eigenvalue weighted by atomic mass is 16.4. The minimum atomic E-state index is -0.663. The van der Waals surface area contributed by atoms with Crippen LogP contribution in [0, 0.1) is 0 Å². The van der Waals surface area contributed by atoms with Crippen molar-refractivity contribution in [3.05, 3.63) is 0 Å². The van der Waals surface area contributed by atoms with Crippen molar-refractivity contribution >= 4 is 24.0 Å². The molecular weight excluding hydrogens is 372 g/mol. The maximum atomic E-state index is 10.1. The van der Waals surface area contributed by atoms with Gasteiger partial charge in [-0.05, 0) is 12.8 Å². The van der Waals surface area contributed by atoms with E-state index in [1.54, 1.807) is 0 Å². The zero-order valence-corrected chi connectivity index (χ0v) is 18.9. The molecule has 0 amide bonds. The summed E-state index contributed by atoms with van der Waals surface area (Å²) < 4.78 is 0. The molecule has 29 heavy (non-hydrogen) atoms. The number of carbonyl (C=O) groups excluding carboxylic acids is 2. The molecule has 0 aliphatic carbocycles. The van der Waals surface area contributed by atoms with Crippen LogP contribution >= 0.6 is 0 Å². The van der Waals surface area contributed by atoms with Crippen molar-refractivity contribution in [1.82, 2.24) is 0 Å². The highest BCUT2D eigenvalue weighted by Gasteiger charge is 1.96.